The number of aryl methyl sites for hydroxylation is 1. The summed E-state index contributed by atoms with van der Waals surface area (Å²) in [5.41, 5.74) is 1.70. The van der Waals surface area contributed by atoms with Crippen LogP contribution in [0.4, 0.5) is 5.69 Å². The molecule has 0 saturated carbocycles. The maximum absolute atomic E-state index is 12.4. The fraction of sp³-hybridized carbons (Fsp3) is 0.542. The first-order valence-electron chi connectivity index (χ1n) is 11.9. The topological polar surface area (TPSA) is 171 Å². The second kappa shape index (κ2) is 14.6. The van der Waals surface area contributed by atoms with E-state index in [0.29, 0.717) is 11.4 Å². The van der Waals surface area contributed by atoms with Gasteiger partial charge in [-0.3, -0.25) is 33.9 Å². The molecule has 2 atom stereocenters. The number of carboxylic acid groups (broad SMARTS) is 4. The van der Waals surface area contributed by atoms with Gasteiger partial charge in [-0.15, -0.1) is 0 Å². The molecule has 37 heavy (non-hydrogen) atoms. The van der Waals surface area contributed by atoms with Gasteiger partial charge in [0.25, 0.3) is 0 Å². The Labute approximate surface area is 220 Å². The number of carbonyl (C=O) groups is 4. The zero-order chi connectivity index (χ0) is 27.5. The molecule has 0 aromatic heterocycles. The lowest BCUT2D eigenvalue weighted by atomic mass is 9.90. The molecule has 0 spiro atoms. The summed E-state index contributed by atoms with van der Waals surface area (Å²) >= 11 is 5.04. The third kappa shape index (κ3) is 10.8. The van der Waals surface area contributed by atoms with Crippen LogP contribution in [0.1, 0.15) is 18.9 Å². The number of rotatable bonds is 12. The molecule has 0 amide bonds. The molecule has 1 aliphatic rings. The smallest absolute Gasteiger partial charge is 0.317 e. The Morgan fingerprint density at radius 3 is 1.97 bits per heavy atom. The number of benzene rings is 1. The van der Waals surface area contributed by atoms with E-state index in [1.807, 2.05) is 24.3 Å². The van der Waals surface area contributed by atoms with Crippen LogP contribution in [-0.4, -0.2) is 122 Å². The first-order chi connectivity index (χ1) is 17.4. The summed E-state index contributed by atoms with van der Waals surface area (Å²) in [5, 5.41) is 41.3. The number of thiocarbonyl (C=S) groups is 1. The molecule has 12 nitrogen and oxygen atoms in total. The molecule has 13 heteroatoms. The second-order valence-electron chi connectivity index (χ2n) is 9.09. The summed E-state index contributed by atoms with van der Waals surface area (Å²) in [7, 11) is 0. The van der Waals surface area contributed by atoms with Crippen molar-refractivity contribution >= 4 is 46.8 Å². The van der Waals surface area contributed by atoms with Gasteiger partial charge in [-0.25, -0.2) is 0 Å². The molecule has 2 rings (SSSR count). The monoisotopic (exact) mass is 538 g/mol. The van der Waals surface area contributed by atoms with E-state index >= 15 is 0 Å². The molecule has 5 N–H and O–H groups in total. The molecule has 0 bridgehead atoms. The summed E-state index contributed by atoms with van der Waals surface area (Å²) in [6, 6.07) is 6.60. The van der Waals surface area contributed by atoms with Crippen molar-refractivity contribution in [2.45, 2.75) is 25.8 Å². The van der Waals surface area contributed by atoms with Gasteiger partial charge in [0.05, 0.1) is 30.5 Å². The van der Waals surface area contributed by atoms with E-state index in [2.05, 4.69) is 5.32 Å². The van der Waals surface area contributed by atoms with E-state index in [0.717, 1.165) is 11.3 Å². The number of anilines is 1. The van der Waals surface area contributed by atoms with Crippen molar-refractivity contribution in [3.8, 4) is 0 Å². The summed E-state index contributed by atoms with van der Waals surface area (Å²) in [6.45, 7) is 1.46. The first-order valence-corrected chi connectivity index (χ1v) is 12.3. The van der Waals surface area contributed by atoms with E-state index in [1.165, 1.54) is 4.90 Å². The summed E-state index contributed by atoms with van der Waals surface area (Å²) < 4.78 is 0. The molecule has 1 saturated heterocycles. The SMILES string of the molecule is CC(=S)Nc1ccc(CCC(C(=O)O)C2CN(CC(=O)O)CCN(CC(=O)O)CCN2CC(=O)O)cc1. The van der Waals surface area contributed by atoms with Gasteiger partial charge in [-0.2, -0.15) is 0 Å². The van der Waals surface area contributed by atoms with E-state index in [9.17, 15) is 39.6 Å². The number of hydrogen-bond acceptors (Lipinski definition) is 8. The third-order valence-corrected chi connectivity index (χ3v) is 6.31. The zero-order valence-corrected chi connectivity index (χ0v) is 21.5. The molecule has 0 radical (unpaired) electrons. The number of carboxylic acids is 4. The van der Waals surface area contributed by atoms with Crippen LogP contribution < -0.4 is 5.32 Å². The molecular weight excluding hydrogens is 504 g/mol. The fourth-order valence-corrected chi connectivity index (χ4v) is 4.62. The van der Waals surface area contributed by atoms with E-state index in [-0.39, 0.29) is 52.2 Å². The van der Waals surface area contributed by atoms with Crippen LogP contribution >= 0.6 is 12.2 Å². The lowest BCUT2D eigenvalue weighted by Gasteiger charge is -2.36. The maximum Gasteiger partial charge on any atom is 0.317 e. The molecule has 1 aliphatic heterocycles. The normalized spacial score (nSPS) is 18.7. The molecular formula is C24H34N4O8S. The van der Waals surface area contributed by atoms with E-state index < -0.39 is 42.4 Å². The zero-order valence-electron chi connectivity index (χ0n) is 20.7. The van der Waals surface area contributed by atoms with Crippen molar-refractivity contribution in [2.75, 3.05) is 57.7 Å². The molecule has 2 unspecified atom stereocenters. The highest BCUT2D eigenvalue weighted by Gasteiger charge is 2.36. The lowest BCUT2D eigenvalue weighted by molar-refractivity contribution is -0.148. The first kappa shape index (κ1) is 30.1. The van der Waals surface area contributed by atoms with Crippen LogP contribution in [0.25, 0.3) is 0 Å². The quantitative estimate of drug-likeness (QED) is 0.235. The Hall–Kier alpha value is -3.13. The minimum absolute atomic E-state index is 0.0221. The van der Waals surface area contributed by atoms with Gasteiger partial charge in [0.1, 0.15) is 0 Å². The highest BCUT2D eigenvalue weighted by molar-refractivity contribution is 7.80. The Morgan fingerprint density at radius 2 is 1.43 bits per heavy atom. The predicted molar refractivity (Wildman–Crippen MR) is 139 cm³/mol. The van der Waals surface area contributed by atoms with Crippen LogP contribution in [0, 0.1) is 5.92 Å². The van der Waals surface area contributed by atoms with E-state index in [1.54, 1.807) is 16.7 Å². The minimum atomic E-state index is -1.15. The van der Waals surface area contributed by atoms with Crippen molar-refractivity contribution in [3.63, 3.8) is 0 Å². The Kier molecular flexibility index (Phi) is 11.9. The third-order valence-electron chi connectivity index (χ3n) is 6.21. The van der Waals surface area contributed by atoms with Crippen LogP contribution in [0.15, 0.2) is 24.3 Å². The number of hydrogen-bond donors (Lipinski definition) is 5. The molecule has 0 aliphatic carbocycles. The summed E-state index contributed by atoms with van der Waals surface area (Å²) in [5.74, 6) is -5.41. The standard InChI is InChI=1S/C24H34N4O8S/c1-16(37)25-18-5-2-17(3-6-18)4-7-19(24(35)36)20-12-27(14-22(31)32)9-8-26(13-21(29)30)10-11-28(20)15-23(33)34/h2-3,5-6,19-20H,4,7-15H2,1H3,(H,25,37)(H,29,30)(H,31,32)(H,33,34)(H,35,36). The molecule has 1 fully saturated rings. The van der Waals surface area contributed by atoms with Crippen molar-refractivity contribution in [3.05, 3.63) is 29.8 Å². The van der Waals surface area contributed by atoms with Gasteiger partial charge in [-0.1, -0.05) is 24.4 Å². The fourth-order valence-electron chi connectivity index (χ4n) is 4.50. The summed E-state index contributed by atoms with van der Waals surface area (Å²) in [4.78, 5) is 52.2. The number of nitrogens with zero attached hydrogens (tertiary/aromatic N) is 3. The molecule has 1 aromatic rings. The molecule has 204 valence electrons. The average molecular weight is 539 g/mol. The van der Waals surface area contributed by atoms with E-state index in [4.69, 9.17) is 12.2 Å². The Bertz CT molecular complexity index is 974. The van der Waals surface area contributed by atoms with Crippen LogP contribution in [0.2, 0.25) is 0 Å². The second-order valence-corrected chi connectivity index (χ2v) is 9.70. The Morgan fingerprint density at radius 1 is 0.892 bits per heavy atom. The highest BCUT2D eigenvalue weighted by atomic mass is 32.1. The van der Waals surface area contributed by atoms with Crippen molar-refractivity contribution in [1.82, 2.24) is 14.7 Å². The average Bonchev–Trinajstić information content (AvgIpc) is 2.85. The van der Waals surface area contributed by atoms with Crippen molar-refractivity contribution < 1.29 is 39.6 Å². The van der Waals surface area contributed by atoms with Crippen LogP contribution in [0.3, 0.4) is 0 Å². The van der Waals surface area contributed by atoms with Gasteiger partial charge in [0, 0.05) is 44.5 Å². The number of nitrogens with one attached hydrogen (secondary N) is 1. The van der Waals surface area contributed by atoms with Crippen LogP contribution in [-0.2, 0) is 25.6 Å². The van der Waals surface area contributed by atoms with Gasteiger partial charge >= 0.3 is 23.9 Å². The Balaban J connectivity index is 2.31. The van der Waals surface area contributed by atoms with Crippen molar-refractivity contribution in [1.29, 1.82) is 0 Å². The largest absolute Gasteiger partial charge is 0.481 e. The van der Waals surface area contributed by atoms with Gasteiger partial charge in [0.2, 0.25) is 0 Å². The van der Waals surface area contributed by atoms with Gasteiger partial charge < -0.3 is 25.7 Å². The molecule has 1 aromatic carbocycles. The molecule has 1 heterocycles. The summed E-state index contributed by atoms with van der Waals surface area (Å²) in [6.07, 6.45) is 0.615. The van der Waals surface area contributed by atoms with Gasteiger partial charge in [0.15, 0.2) is 0 Å². The van der Waals surface area contributed by atoms with Gasteiger partial charge in [-0.05, 0) is 37.5 Å². The van der Waals surface area contributed by atoms with Crippen molar-refractivity contribution in [2.24, 2.45) is 5.92 Å². The highest BCUT2D eigenvalue weighted by Crippen LogP contribution is 2.22. The predicted octanol–water partition coefficient (Wildman–Crippen LogP) is 0.621. The van der Waals surface area contributed by atoms with Crippen LogP contribution in [0.5, 0.6) is 0 Å². The lowest BCUT2D eigenvalue weighted by Crippen LogP contribution is -2.53. The number of aliphatic carboxylic acids is 4. The maximum atomic E-state index is 12.4. The minimum Gasteiger partial charge on any atom is -0.481 e.